The van der Waals surface area contributed by atoms with E-state index in [1.165, 1.54) is 11.0 Å². The van der Waals surface area contributed by atoms with Crippen molar-refractivity contribution in [2.24, 2.45) is 5.92 Å². The van der Waals surface area contributed by atoms with Crippen LogP contribution in [-0.2, 0) is 16.1 Å². The highest BCUT2D eigenvalue weighted by Crippen LogP contribution is 2.14. The molecule has 1 aromatic rings. The molecular formula is C10H17N5O2. The first-order chi connectivity index (χ1) is 8.29. The van der Waals surface area contributed by atoms with Crippen molar-refractivity contribution < 1.29 is 9.53 Å². The van der Waals surface area contributed by atoms with E-state index in [-0.39, 0.29) is 12.5 Å². The summed E-state index contributed by atoms with van der Waals surface area (Å²) in [6.07, 6.45) is 2.49. The molecule has 1 saturated heterocycles. The third kappa shape index (κ3) is 3.23. The lowest BCUT2D eigenvalue weighted by Gasteiger charge is -2.23. The number of aromatic nitrogens is 4. The number of ether oxygens (including phenoxy) is 1. The van der Waals surface area contributed by atoms with Gasteiger partial charge in [-0.15, -0.1) is 5.10 Å². The van der Waals surface area contributed by atoms with Crippen LogP contribution in [0.15, 0.2) is 6.33 Å². The van der Waals surface area contributed by atoms with Crippen LogP contribution in [0.1, 0.15) is 13.3 Å². The predicted octanol–water partition coefficient (Wildman–Crippen LogP) is -0.442. The highest BCUT2D eigenvalue weighted by molar-refractivity contribution is 5.75. The lowest BCUT2D eigenvalue weighted by atomic mass is 10.1. The Hall–Kier alpha value is -1.50. The van der Waals surface area contributed by atoms with E-state index in [2.05, 4.69) is 15.5 Å². The summed E-state index contributed by atoms with van der Waals surface area (Å²) < 4.78 is 6.75. The minimum Gasteiger partial charge on any atom is -0.381 e. The Balaban J connectivity index is 1.86. The van der Waals surface area contributed by atoms with Gasteiger partial charge >= 0.3 is 0 Å². The van der Waals surface area contributed by atoms with Crippen LogP contribution in [0.2, 0.25) is 0 Å². The number of carbonyl (C=O) groups is 1. The van der Waals surface area contributed by atoms with Crippen molar-refractivity contribution in [3.8, 4) is 0 Å². The highest BCUT2D eigenvalue weighted by Gasteiger charge is 2.21. The van der Waals surface area contributed by atoms with Gasteiger partial charge in [0.15, 0.2) is 0 Å². The molecule has 1 aliphatic rings. The summed E-state index contributed by atoms with van der Waals surface area (Å²) in [5.74, 6) is 0.513. The summed E-state index contributed by atoms with van der Waals surface area (Å²) in [6.45, 7) is 5.22. The summed E-state index contributed by atoms with van der Waals surface area (Å²) in [5.41, 5.74) is 0. The van der Waals surface area contributed by atoms with Crippen molar-refractivity contribution in [3.05, 3.63) is 6.33 Å². The van der Waals surface area contributed by atoms with Crippen LogP contribution in [0.3, 0.4) is 0 Å². The second-order valence-electron chi connectivity index (χ2n) is 4.17. The SMILES string of the molecule is CCN(CC1CCOC1)C(=O)Cn1cnnn1. The van der Waals surface area contributed by atoms with Crippen molar-refractivity contribution in [1.29, 1.82) is 0 Å². The second-order valence-corrected chi connectivity index (χ2v) is 4.17. The molecule has 0 bridgehead atoms. The normalized spacial score (nSPS) is 19.5. The molecule has 1 fully saturated rings. The molecule has 2 heterocycles. The van der Waals surface area contributed by atoms with E-state index in [4.69, 9.17) is 4.74 Å². The van der Waals surface area contributed by atoms with Gasteiger partial charge in [-0.05, 0) is 23.8 Å². The van der Waals surface area contributed by atoms with Crippen LogP contribution in [0, 0.1) is 5.92 Å². The summed E-state index contributed by atoms with van der Waals surface area (Å²) in [7, 11) is 0. The average Bonchev–Trinajstić information content (AvgIpc) is 2.97. The van der Waals surface area contributed by atoms with Gasteiger partial charge in [-0.3, -0.25) is 4.79 Å². The first-order valence-electron chi connectivity index (χ1n) is 5.86. The fraction of sp³-hybridized carbons (Fsp3) is 0.800. The van der Waals surface area contributed by atoms with Crippen LogP contribution in [-0.4, -0.2) is 57.3 Å². The zero-order valence-corrected chi connectivity index (χ0v) is 9.95. The van der Waals surface area contributed by atoms with Crippen molar-refractivity contribution in [2.45, 2.75) is 19.9 Å². The number of rotatable bonds is 5. The quantitative estimate of drug-likeness (QED) is 0.696. The Kier molecular flexibility index (Phi) is 4.03. The fourth-order valence-electron chi connectivity index (χ4n) is 1.94. The first-order valence-corrected chi connectivity index (χ1v) is 5.86. The number of hydrogen-bond acceptors (Lipinski definition) is 5. The molecule has 94 valence electrons. The third-order valence-electron chi connectivity index (χ3n) is 2.93. The fourth-order valence-corrected chi connectivity index (χ4v) is 1.94. The molecule has 1 aromatic heterocycles. The topological polar surface area (TPSA) is 73.1 Å². The van der Waals surface area contributed by atoms with Gasteiger partial charge in [0.2, 0.25) is 5.91 Å². The molecule has 0 aromatic carbocycles. The first kappa shape index (κ1) is 12.0. The molecule has 0 spiro atoms. The Labute approximate surface area is 99.7 Å². The molecule has 0 N–H and O–H groups in total. The average molecular weight is 239 g/mol. The Morgan fingerprint density at radius 2 is 2.53 bits per heavy atom. The molecule has 0 aliphatic carbocycles. The number of carbonyl (C=O) groups excluding carboxylic acids is 1. The maximum Gasteiger partial charge on any atom is 0.244 e. The molecule has 1 unspecified atom stereocenters. The number of tetrazole rings is 1. The maximum atomic E-state index is 12.0. The predicted molar refractivity (Wildman–Crippen MR) is 59.0 cm³/mol. The second kappa shape index (κ2) is 5.72. The minimum absolute atomic E-state index is 0.0479. The molecule has 2 rings (SSSR count). The maximum absolute atomic E-state index is 12.0. The van der Waals surface area contributed by atoms with E-state index in [1.54, 1.807) is 0 Å². The van der Waals surface area contributed by atoms with Crippen LogP contribution >= 0.6 is 0 Å². The van der Waals surface area contributed by atoms with Crippen molar-refractivity contribution in [3.63, 3.8) is 0 Å². The number of hydrogen-bond donors (Lipinski definition) is 0. The van der Waals surface area contributed by atoms with Crippen LogP contribution < -0.4 is 0 Å². The lowest BCUT2D eigenvalue weighted by Crippen LogP contribution is -2.37. The van der Waals surface area contributed by atoms with E-state index in [0.717, 1.165) is 26.2 Å². The Bertz CT molecular complexity index is 348. The van der Waals surface area contributed by atoms with Crippen LogP contribution in [0.25, 0.3) is 0 Å². The molecule has 17 heavy (non-hydrogen) atoms. The van der Waals surface area contributed by atoms with Crippen molar-refractivity contribution in [1.82, 2.24) is 25.1 Å². The minimum atomic E-state index is 0.0479. The van der Waals surface area contributed by atoms with Gasteiger partial charge in [-0.25, -0.2) is 4.68 Å². The van der Waals surface area contributed by atoms with E-state index in [1.807, 2.05) is 11.8 Å². The van der Waals surface area contributed by atoms with E-state index >= 15 is 0 Å². The van der Waals surface area contributed by atoms with Crippen molar-refractivity contribution in [2.75, 3.05) is 26.3 Å². The van der Waals surface area contributed by atoms with Gasteiger partial charge in [-0.1, -0.05) is 0 Å². The highest BCUT2D eigenvalue weighted by atomic mass is 16.5. The molecule has 7 heteroatoms. The van der Waals surface area contributed by atoms with Gasteiger partial charge in [0, 0.05) is 25.6 Å². The Morgan fingerprint density at radius 1 is 1.65 bits per heavy atom. The molecular weight excluding hydrogens is 222 g/mol. The molecule has 0 saturated carbocycles. The smallest absolute Gasteiger partial charge is 0.244 e. The van der Waals surface area contributed by atoms with E-state index in [9.17, 15) is 4.79 Å². The summed E-state index contributed by atoms with van der Waals surface area (Å²) in [4.78, 5) is 13.8. The third-order valence-corrected chi connectivity index (χ3v) is 2.93. The van der Waals surface area contributed by atoms with Gasteiger partial charge in [0.25, 0.3) is 0 Å². The van der Waals surface area contributed by atoms with E-state index < -0.39 is 0 Å². The van der Waals surface area contributed by atoms with Gasteiger partial charge in [0.1, 0.15) is 12.9 Å². The van der Waals surface area contributed by atoms with Crippen LogP contribution in [0.5, 0.6) is 0 Å². The molecule has 7 nitrogen and oxygen atoms in total. The van der Waals surface area contributed by atoms with E-state index in [0.29, 0.717) is 12.5 Å². The summed E-state index contributed by atoms with van der Waals surface area (Å²) in [5, 5.41) is 10.7. The zero-order chi connectivity index (χ0) is 12.1. The van der Waals surface area contributed by atoms with Crippen LogP contribution in [0.4, 0.5) is 0 Å². The van der Waals surface area contributed by atoms with Gasteiger partial charge in [-0.2, -0.15) is 0 Å². The molecule has 1 amide bonds. The molecule has 1 aliphatic heterocycles. The monoisotopic (exact) mass is 239 g/mol. The zero-order valence-electron chi connectivity index (χ0n) is 9.95. The summed E-state index contributed by atoms with van der Waals surface area (Å²) >= 11 is 0. The largest absolute Gasteiger partial charge is 0.381 e. The van der Waals surface area contributed by atoms with Gasteiger partial charge in [0.05, 0.1) is 6.61 Å². The standard InChI is InChI=1S/C10H17N5O2/c1-2-14(5-9-3-4-17-7-9)10(16)6-15-8-11-12-13-15/h8-9H,2-7H2,1H3. The van der Waals surface area contributed by atoms with Crippen molar-refractivity contribution >= 4 is 5.91 Å². The number of nitrogens with zero attached hydrogens (tertiary/aromatic N) is 5. The Morgan fingerprint density at radius 3 is 3.12 bits per heavy atom. The number of likely N-dealkylation sites (N-methyl/N-ethyl adjacent to an activating group) is 1. The molecule has 0 radical (unpaired) electrons. The summed E-state index contributed by atoms with van der Waals surface area (Å²) in [6, 6.07) is 0. The lowest BCUT2D eigenvalue weighted by molar-refractivity contribution is -0.132. The molecule has 1 atom stereocenters. The van der Waals surface area contributed by atoms with Gasteiger partial charge < -0.3 is 9.64 Å². The number of amides is 1.